The number of piperazine rings is 1. The predicted molar refractivity (Wildman–Crippen MR) is 163 cm³/mol. The molecule has 45 heavy (non-hydrogen) atoms. The fourth-order valence-electron chi connectivity index (χ4n) is 6.48. The highest BCUT2D eigenvalue weighted by atomic mass is 32.2. The van der Waals surface area contributed by atoms with Gasteiger partial charge in [-0.25, -0.2) is 13.3 Å². The summed E-state index contributed by atoms with van der Waals surface area (Å²) in [6.07, 6.45) is -3.81. The molecular formula is C32H38F4N5O3S+. The van der Waals surface area contributed by atoms with Gasteiger partial charge in [0.05, 0.1) is 17.8 Å². The molecular weight excluding hydrogens is 610 g/mol. The lowest BCUT2D eigenvalue weighted by molar-refractivity contribution is -0.823. The zero-order valence-electron chi connectivity index (χ0n) is 25.3. The zero-order chi connectivity index (χ0) is 32.6. The van der Waals surface area contributed by atoms with Crippen molar-refractivity contribution >= 4 is 21.7 Å². The average molecular weight is 649 g/mol. The number of carbonyl (C=O) groups is 1. The summed E-state index contributed by atoms with van der Waals surface area (Å²) in [7, 11) is -4.26. The van der Waals surface area contributed by atoms with Crippen LogP contribution >= 0.6 is 0 Å². The number of likely N-dealkylation sites (tertiary alicyclic amines) is 1. The van der Waals surface area contributed by atoms with Gasteiger partial charge >= 0.3 is 16.2 Å². The predicted octanol–water partition coefficient (Wildman–Crippen LogP) is 5.04. The molecule has 2 atom stereocenters. The minimum Gasteiger partial charge on any atom is -0.364 e. The average Bonchev–Trinajstić information content (AvgIpc) is 3.42. The molecule has 3 heterocycles. The molecule has 13 heteroatoms. The summed E-state index contributed by atoms with van der Waals surface area (Å²) in [4.78, 5) is 21.9. The van der Waals surface area contributed by atoms with Crippen LogP contribution < -0.4 is 10.6 Å². The molecule has 2 fully saturated rings. The van der Waals surface area contributed by atoms with E-state index < -0.39 is 43.4 Å². The van der Waals surface area contributed by atoms with Crippen LogP contribution in [0.3, 0.4) is 0 Å². The summed E-state index contributed by atoms with van der Waals surface area (Å²) in [6.45, 7) is 8.14. The first kappa shape index (κ1) is 32.8. The van der Waals surface area contributed by atoms with Crippen LogP contribution in [0, 0.1) is 11.7 Å². The lowest BCUT2D eigenvalue weighted by Gasteiger charge is -2.38. The van der Waals surface area contributed by atoms with Crippen LogP contribution in [-0.2, 0) is 27.5 Å². The third-order valence-electron chi connectivity index (χ3n) is 8.65. The summed E-state index contributed by atoms with van der Waals surface area (Å²) in [6, 6.07) is 11.6. The number of pyridine rings is 1. The second-order valence-electron chi connectivity index (χ2n) is 12.3. The molecule has 0 bridgehead atoms. The van der Waals surface area contributed by atoms with Crippen LogP contribution in [0.2, 0.25) is 0 Å². The molecule has 1 amide bonds. The number of benzene rings is 2. The lowest BCUT2D eigenvalue weighted by atomic mass is 10.1. The minimum absolute atomic E-state index is 0.106. The number of rotatable bonds is 9. The Hall–Kier alpha value is -3.55. The van der Waals surface area contributed by atoms with Gasteiger partial charge < -0.3 is 10.6 Å². The van der Waals surface area contributed by atoms with Gasteiger partial charge in [-0.2, -0.15) is 21.6 Å². The zero-order valence-corrected chi connectivity index (χ0v) is 26.1. The Bertz CT molecular complexity index is 1620. The number of alkyl halides is 3. The smallest absolute Gasteiger partial charge is 0.364 e. The van der Waals surface area contributed by atoms with E-state index in [-0.39, 0.29) is 24.4 Å². The van der Waals surface area contributed by atoms with Gasteiger partial charge in [0.2, 0.25) is 0 Å². The van der Waals surface area contributed by atoms with Crippen molar-refractivity contribution in [3.63, 3.8) is 0 Å². The van der Waals surface area contributed by atoms with Gasteiger partial charge in [0.25, 0.3) is 5.91 Å². The maximum Gasteiger partial charge on any atom is 0.416 e. The number of amides is 1. The van der Waals surface area contributed by atoms with E-state index in [0.717, 1.165) is 43.9 Å². The molecule has 0 saturated carbocycles. The third-order valence-corrected chi connectivity index (χ3v) is 11.0. The minimum atomic E-state index is -4.50. The SMILES string of the molecule is CC(C)CN1CCN(c2cc(C[N+]3(S(=O)(=O)c4ccc(F)cc4)CCC[C@H]3C(N)=O)cc(-c3ccc(C(F)(F)F)cc3)n2)CC1. The van der Waals surface area contributed by atoms with Gasteiger partial charge in [-0.05, 0) is 54.4 Å². The van der Waals surface area contributed by atoms with Crippen molar-refractivity contribution in [3.8, 4) is 11.3 Å². The largest absolute Gasteiger partial charge is 0.416 e. The fraction of sp³-hybridized carbons (Fsp3) is 0.438. The molecule has 2 aliphatic heterocycles. The Morgan fingerprint density at radius 3 is 2.24 bits per heavy atom. The number of halogens is 4. The van der Waals surface area contributed by atoms with Crippen LogP contribution in [0.1, 0.15) is 37.8 Å². The van der Waals surface area contributed by atoms with Crippen molar-refractivity contribution in [1.82, 2.24) is 9.88 Å². The lowest BCUT2D eigenvalue weighted by Crippen LogP contribution is -2.59. The van der Waals surface area contributed by atoms with Crippen molar-refractivity contribution in [2.45, 2.75) is 50.3 Å². The number of anilines is 1. The number of primary amides is 1. The Balaban J connectivity index is 1.59. The standard InChI is InChI=1S/C32H37F4N5O3S/c1-22(2)20-39-13-15-40(16-14-39)30-19-23(18-28(38-30)24-5-7-25(8-6-24)32(34,35)36)21-41(17-3-4-29(41)31(37)42)45(43,44)27-11-9-26(33)10-12-27/h5-12,18-19,22,29H,3-4,13-17,20-21H2,1-2H3,(H-,37,42)/p+1/t29-,41?/m0/s1. The van der Waals surface area contributed by atoms with Crippen molar-refractivity contribution in [3.05, 3.63) is 77.6 Å². The molecule has 0 spiro atoms. The van der Waals surface area contributed by atoms with E-state index in [9.17, 15) is 30.8 Å². The van der Waals surface area contributed by atoms with Crippen molar-refractivity contribution < 1.29 is 34.7 Å². The van der Waals surface area contributed by atoms with Gasteiger partial charge in [-0.15, -0.1) is 0 Å². The van der Waals surface area contributed by atoms with Crippen LogP contribution in [0.5, 0.6) is 0 Å². The number of carbonyl (C=O) groups excluding carboxylic acids is 1. The first-order chi connectivity index (χ1) is 21.2. The summed E-state index contributed by atoms with van der Waals surface area (Å²) in [5, 5.41) is 0. The molecule has 8 nitrogen and oxygen atoms in total. The highest BCUT2D eigenvalue weighted by Crippen LogP contribution is 2.39. The Labute approximate surface area is 261 Å². The summed E-state index contributed by atoms with van der Waals surface area (Å²) in [5.74, 6) is -0.275. The van der Waals surface area contributed by atoms with Crippen LogP contribution in [0.15, 0.2) is 65.6 Å². The number of sulfonamides is 1. The van der Waals surface area contributed by atoms with E-state index >= 15 is 0 Å². The monoisotopic (exact) mass is 648 g/mol. The van der Waals surface area contributed by atoms with E-state index in [1.54, 1.807) is 12.1 Å². The second-order valence-corrected chi connectivity index (χ2v) is 14.4. The topological polar surface area (TPSA) is 96.6 Å². The maximum absolute atomic E-state index is 14.3. The van der Waals surface area contributed by atoms with Gasteiger partial charge in [0.15, 0.2) is 6.04 Å². The third kappa shape index (κ3) is 6.85. The number of hydrogen-bond acceptors (Lipinski definition) is 6. The number of nitrogens with two attached hydrogens (primary N) is 1. The molecule has 1 aromatic heterocycles. The molecule has 2 aliphatic rings. The number of nitrogens with zero attached hydrogens (tertiary/aromatic N) is 4. The van der Waals surface area contributed by atoms with E-state index in [0.29, 0.717) is 48.1 Å². The first-order valence-electron chi connectivity index (χ1n) is 15.0. The van der Waals surface area contributed by atoms with Crippen LogP contribution in [-0.4, -0.2) is 73.4 Å². The second kappa shape index (κ2) is 12.7. The van der Waals surface area contributed by atoms with Gasteiger partial charge in [-0.3, -0.25) is 9.69 Å². The molecule has 1 unspecified atom stereocenters. The molecule has 3 aromatic rings. The fourth-order valence-corrected chi connectivity index (χ4v) is 8.62. The van der Waals surface area contributed by atoms with E-state index in [1.165, 1.54) is 24.3 Å². The van der Waals surface area contributed by atoms with Crippen LogP contribution in [0.4, 0.5) is 23.4 Å². The van der Waals surface area contributed by atoms with Gasteiger partial charge in [-0.1, -0.05) is 26.0 Å². The van der Waals surface area contributed by atoms with Gasteiger partial charge in [0.1, 0.15) is 23.1 Å². The van der Waals surface area contributed by atoms with E-state index in [4.69, 9.17) is 10.7 Å². The first-order valence-corrected chi connectivity index (χ1v) is 16.5. The van der Waals surface area contributed by atoms with Crippen LogP contribution in [0.25, 0.3) is 11.3 Å². The Kier molecular flexibility index (Phi) is 9.25. The molecule has 0 radical (unpaired) electrons. The molecule has 242 valence electrons. The number of hydrogen-bond donors (Lipinski definition) is 1. The quantitative estimate of drug-likeness (QED) is 0.258. The highest BCUT2D eigenvalue weighted by Gasteiger charge is 2.55. The number of quaternary nitrogens is 1. The molecule has 5 rings (SSSR count). The molecule has 0 aliphatic carbocycles. The summed E-state index contributed by atoms with van der Waals surface area (Å²) in [5.41, 5.74) is 6.36. The van der Waals surface area contributed by atoms with E-state index in [1.807, 2.05) is 0 Å². The van der Waals surface area contributed by atoms with E-state index in [2.05, 4.69) is 23.6 Å². The Morgan fingerprint density at radius 1 is 1.02 bits per heavy atom. The van der Waals surface area contributed by atoms with Crippen molar-refractivity contribution in [1.29, 1.82) is 0 Å². The van der Waals surface area contributed by atoms with Crippen molar-refractivity contribution in [2.75, 3.05) is 44.2 Å². The number of aromatic nitrogens is 1. The highest BCUT2D eigenvalue weighted by molar-refractivity contribution is 7.86. The summed E-state index contributed by atoms with van der Waals surface area (Å²) >= 11 is 0. The van der Waals surface area contributed by atoms with Crippen molar-refractivity contribution in [2.24, 2.45) is 11.7 Å². The molecule has 2 saturated heterocycles. The van der Waals surface area contributed by atoms with Gasteiger partial charge in [0, 0.05) is 56.7 Å². The maximum atomic E-state index is 14.3. The summed E-state index contributed by atoms with van der Waals surface area (Å²) < 4.78 is 81.6. The Morgan fingerprint density at radius 2 is 1.67 bits per heavy atom. The molecule has 2 N–H and O–H groups in total. The normalized spacial score (nSPS) is 21.4. The molecule has 2 aromatic carbocycles.